The molecule has 0 spiro atoms. The maximum atomic E-state index is 12.2. The maximum absolute atomic E-state index is 12.2. The van der Waals surface area contributed by atoms with Crippen molar-refractivity contribution in [2.24, 2.45) is 0 Å². The predicted octanol–water partition coefficient (Wildman–Crippen LogP) is 2.64. The van der Waals surface area contributed by atoms with Gasteiger partial charge in [0.25, 0.3) is 11.8 Å². The van der Waals surface area contributed by atoms with Crippen molar-refractivity contribution in [2.75, 3.05) is 19.4 Å². The van der Waals surface area contributed by atoms with Gasteiger partial charge >= 0.3 is 0 Å². The summed E-state index contributed by atoms with van der Waals surface area (Å²) in [5.41, 5.74) is 1.41. The Hall–Kier alpha value is -3.59. The minimum Gasteiger partial charge on any atom is -0.508 e. The fraction of sp³-hybridized carbons (Fsp3) is 0.105. The van der Waals surface area contributed by atoms with Gasteiger partial charge in [-0.3, -0.25) is 9.59 Å². The van der Waals surface area contributed by atoms with E-state index in [9.17, 15) is 20.0 Å². The number of hydrogen-bond donors (Lipinski definition) is 2. The van der Waals surface area contributed by atoms with Gasteiger partial charge in [0.1, 0.15) is 17.4 Å². The number of phenols is 1. The minimum absolute atomic E-state index is 0.0487. The molecular formula is C19H17N3O3. The number of aromatic hydroxyl groups is 1. The number of nitrogens with one attached hydrogen (secondary N) is 1. The van der Waals surface area contributed by atoms with Crippen LogP contribution in [0.5, 0.6) is 5.75 Å². The van der Waals surface area contributed by atoms with Gasteiger partial charge in [0.2, 0.25) is 0 Å². The number of carbonyl (C=O) groups excluding carboxylic acids is 2. The van der Waals surface area contributed by atoms with Crippen LogP contribution in [-0.4, -0.2) is 35.9 Å². The summed E-state index contributed by atoms with van der Waals surface area (Å²) in [5.74, 6) is -0.663. The Morgan fingerprint density at radius 1 is 1.16 bits per heavy atom. The standard InChI is InChI=1S/C19H17N3O3/c1-22(2)19(25)14-6-8-16(9-7-14)21-18(24)15(12-20)10-13-4-3-5-17(23)11-13/h3-11,23H,1-2H3,(H,21,24)/b15-10+. The van der Waals surface area contributed by atoms with Crippen molar-refractivity contribution in [2.45, 2.75) is 0 Å². The Bertz CT molecular complexity index is 862. The van der Waals surface area contributed by atoms with E-state index in [1.807, 2.05) is 6.07 Å². The summed E-state index contributed by atoms with van der Waals surface area (Å²) in [5, 5.41) is 21.2. The Labute approximate surface area is 145 Å². The molecule has 0 heterocycles. The Balaban J connectivity index is 2.15. The highest BCUT2D eigenvalue weighted by Gasteiger charge is 2.11. The van der Waals surface area contributed by atoms with Crippen LogP contribution in [0, 0.1) is 11.3 Å². The van der Waals surface area contributed by atoms with Gasteiger partial charge in [-0.2, -0.15) is 5.26 Å². The van der Waals surface area contributed by atoms with Crippen molar-refractivity contribution in [1.29, 1.82) is 5.26 Å². The number of phenolic OH excluding ortho intramolecular Hbond substituents is 1. The molecule has 2 aromatic rings. The predicted molar refractivity (Wildman–Crippen MR) is 94.8 cm³/mol. The molecule has 0 aromatic heterocycles. The number of nitriles is 1. The third-order valence-corrected chi connectivity index (χ3v) is 3.34. The van der Waals surface area contributed by atoms with Crippen LogP contribution in [0.1, 0.15) is 15.9 Å². The van der Waals surface area contributed by atoms with E-state index in [2.05, 4.69) is 5.32 Å². The number of benzene rings is 2. The van der Waals surface area contributed by atoms with Crippen molar-refractivity contribution in [3.05, 3.63) is 65.2 Å². The SMILES string of the molecule is CN(C)C(=O)c1ccc(NC(=O)/C(C#N)=C/c2cccc(O)c2)cc1. The molecule has 0 aliphatic carbocycles. The number of hydrogen-bond acceptors (Lipinski definition) is 4. The van der Waals surface area contributed by atoms with E-state index in [1.54, 1.807) is 50.5 Å². The van der Waals surface area contributed by atoms with Crippen LogP contribution >= 0.6 is 0 Å². The largest absolute Gasteiger partial charge is 0.508 e. The Morgan fingerprint density at radius 2 is 1.84 bits per heavy atom. The molecule has 0 radical (unpaired) electrons. The molecule has 0 atom stereocenters. The van der Waals surface area contributed by atoms with E-state index >= 15 is 0 Å². The normalized spacial score (nSPS) is 10.7. The lowest BCUT2D eigenvalue weighted by Crippen LogP contribution is -2.21. The lowest BCUT2D eigenvalue weighted by Gasteiger charge is -2.10. The van der Waals surface area contributed by atoms with Crippen LogP contribution in [0.15, 0.2) is 54.1 Å². The number of nitrogens with zero attached hydrogens (tertiary/aromatic N) is 2. The molecule has 0 bridgehead atoms. The third-order valence-electron chi connectivity index (χ3n) is 3.34. The van der Waals surface area contributed by atoms with E-state index in [0.29, 0.717) is 16.8 Å². The van der Waals surface area contributed by atoms with E-state index in [1.165, 1.54) is 23.1 Å². The second-order valence-electron chi connectivity index (χ2n) is 5.50. The highest BCUT2D eigenvalue weighted by atomic mass is 16.3. The molecule has 2 aromatic carbocycles. The second-order valence-corrected chi connectivity index (χ2v) is 5.50. The average molecular weight is 335 g/mol. The molecule has 6 heteroatoms. The summed E-state index contributed by atoms with van der Waals surface area (Å²) in [6, 6.07) is 14.5. The molecule has 0 unspecified atom stereocenters. The molecule has 25 heavy (non-hydrogen) atoms. The van der Waals surface area contributed by atoms with Crippen molar-refractivity contribution in [1.82, 2.24) is 4.90 Å². The maximum Gasteiger partial charge on any atom is 0.266 e. The van der Waals surface area contributed by atoms with E-state index in [0.717, 1.165) is 0 Å². The van der Waals surface area contributed by atoms with Crippen LogP contribution in [0.25, 0.3) is 6.08 Å². The smallest absolute Gasteiger partial charge is 0.266 e. The van der Waals surface area contributed by atoms with Crippen LogP contribution in [0.3, 0.4) is 0 Å². The fourth-order valence-corrected chi connectivity index (χ4v) is 2.08. The summed E-state index contributed by atoms with van der Waals surface area (Å²) < 4.78 is 0. The first-order valence-electron chi connectivity index (χ1n) is 7.44. The monoisotopic (exact) mass is 335 g/mol. The minimum atomic E-state index is -0.572. The molecule has 0 saturated heterocycles. The van der Waals surface area contributed by atoms with Gasteiger partial charge in [0.15, 0.2) is 0 Å². The lowest BCUT2D eigenvalue weighted by molar-refractivity contribution is -0.112. The molecule has 0 saturated carbocycles. The molecule has 2 amide bonds. The Kier molecular flexibility index (Phi) is 5.54. The molecule has 0 aliphatic rings. The molecule has 0 aliphatic heterocycles. The highest BCUT2D eigenvalue weighted by molar-refractivity contribution is 6.09. The van der Waals surface area contributed by atoms with Crippen LogP contribution in [-0.2, 0) is 4.79 Å². The van der Waals surface area contributed by atoms with E-state index < -0.39 is 5.91 Å². The Morgan fingerprint density at radius 3 is 2.40 bits per heavy atom. The number of anilines is 1. The molecule has 0 fully saturated rings. The van der Waals surface area contributed by atoms with Gasteiger partial charge < -0.3 is 15.3 Å². The zero-order valence-electron chi connectivity index (χ0n) is 13.9. The first kappa shape index (κ1) is 17.8. The fourth-order valence-electron chi connectivity index (χ4n) is 2.08. The zero-order chi connectivity index (χ0) is 18.4. The van der Waals surface area contributed by atoms with Gasteiger partial charge in [0, 0.05) is 25.3 Å². The van der Waals surface area contributed by atoms with Gasteiger partial charge in [-0.15, -0.1) is 0 Å². The summed E-state index contributed by atoms with van der Waals surface area (Å²) in [6.07, 6.45) is 1.39. The third kappa shape index (κ3) is 4.69. The number of rotatable bonds is 4. The summed E-state index contributed by atoms with van der Waals surface area (Å²) in [6.45, 7) is 0. The van der Waals surface area contributed by atoms with E-state index in [-0.39, 0.29) is 17.2 Å². The first-order chi connectivity index (χ1) is 11.9. The summed E-state index contributed by atoms with van der Waals surface area (Å²) in [7, 11) is 3.31. The van der Waals surface area contributed by atoms with Gasteiger partial charge in [0.05, 0.1) is 0 Å². The van der Waals surface area contributed by atoms with Crippen LogP contribution < -0.4 is 5.32 Å². The first-order valence-corrected chi connectivity index (χ1v) is 7.44. The quantitative estimate of drug-likeness (QED) is 0.663. The van der Waals surface area contributed by atoms with Gasteiger partial charge in [-0.05, 0) is 48.0 Å². The average Bonchev–Trinajstić information content (AvgIpc) is 2.59. The molecule has 2 rings (SSSR count). The van der Waals surface area contributed by atoms with Crippen molar-refractivity contribution >= 4 is 23.6 Å². The van der Waals surface area contributed by atoms with Crippen LogP contribution in [0.4, 0.5) is 5.69 Å². The van der Waals surface area contributed by atoms with Crippen molar-refractivity contribution < 1.29 is 14.7 Å². The van der Waals surface area contributed by atoms with E-state index in [4.69, 9.17) is 0 Å². The number of carbonyl (C=O) groups is 2. The summed E-state index contributed by atoms with van der Waals surface area (Å²) >= 11 is 0. The van der Waals surface area contributed by atoms with Crippen molar-refractivity contribution in [3.8, 4) is 11.8 Å². The molecule has 126 valence electrons. The number of amides is 2. The topological polar surface area (TPSA) is 93.4 Å². The summed E-state index contributed by atoms with van der Waals surface area (Å²) in [4.78, 5) is 25.5. The van der Waals surface area contributed by atoms with Crippen LogP contribution in [0.2, 0.25) is 0 Å². The van der Waals surface area contributed by atoms with Crippen molar-refractivity contribution in [3.63, 3.8) is 0 Å². The molecule has 2 N–H and O–H groups in total. The molecular weight excluding hydrogens is 318 g/mol. The lowest BCUT2D eigenvalue weighted by atomic mass is 10.1. The zero-order valence-corrected chi connectivity index (χ0v) is 13.9. The van der Waals surface area contributed by atoms with Gasteiger partial charge in [-0.1, -0.05) is 12.1 Å². The second kappa shape index (κ2) is 7.79. The van der Waals surface area contributed by atoms with Gasteiger partial charge in [-0.25, -0.2) is 0 Å². The molecule has 6 nitrogen and oxygen atoms in total. The highest BCUT2D eigenvalue weighted by Crippen LogP contribution is 2.16.